The van der Waals surface area contributed by atoms with Crippen molar-refractivity contribution in [3.8, 4) is 0 Å². The van der Waals surface area contributed by atoms with Gasteiger partial charge in [0.25, 0.3) is 0 Å². The van der Waals surface area contributed by atoms with Gasteiger partial charge in [0.1, 0.15) is 0 Å². The quantitative estimate of drug-likeness (QED) is 0.870. The molecule has 0 aliphatic heterocycles. The van der Waals surface area contributed by atoms with Crippen molar-refractivity contribution in [2.75, 3.05) is 6.54 Å². The maximum atomic E-state index is 11.3. The standard InChI is InChI=1S/C10H15BrN2OS/c1-7(12)6-10(14)13-5-4-8-2-3-9(11)15-8/h2-3,7H,4-6,12H2,1H3,(H,13,14). The fourth-order valence-corrected chi connectivity index (χ4v) is 2.66. The minimum atomic E-state index is -0.0686. The monoisotopic (exact) mass is 290 g/mol. The van der Waals surface area contributed by atoms with E-state index in [0.29, 0.717) is 13.0 Å². The van der Waals surface area contributed by atoms with Crippen molar-refractivity contribution in [1.29, 1.82) is 0 Å². The Balaban J connectivity index is 2.19. The molecule has 5 heteroatoms. The Kier molecular flexibility index (Phi) is 5.28. The first-order chi connectivity index (χ1) is 7.08. The molecule has 1 unspecified atom stereocenters. The second kappa shape index (κ2) is 6.25. The van der Waals surface area contributed by atoms with E-state index in [0.717, 1.165) is 10.2 Å². The third kappa shape index (κ3) is 5.30. The zero-order valence-corrected chi connectivity index (χ0v) is 11.0. The van der Waals surface area contributed by atoms with Crippen molar-refractivity contribution < 1.29 is 4.79 Å². The van der Waals surface area contributed by atoms with Crippen LogP contribution in [0.1, 0.15) is 18.2 Å². The van der Waals surface area contributed by atoms with Gasteiger partial charge in [0.15, 0.2) is 0 Å². The lowest BCUT2D eigenvalue weighted by Crippen LogP contribution is -2.31. The van der Waals surface area contributed by atoms with Crippen LogP contribution in [0.25, 0.3) is 0 Å². The van der Waals surface area contributed by atoms with Crippen molar-refractivity contribution in [1.82, 2.24) is 5.32 Å². The normalized spacial score (nSPS) is 12.5. The number of amides is 1. The third-order valence-corrected chi connectivity index (χ3v) is 3.51. The highest BCUT2D eigenvalue weighted by Crippen LogP contribution is 2.21. The lowest BCUT2D eigenvalue weighted by Gasteiger charge is -2.06. The number of nitrogens with one attached hydrogen (secondary N) is 1. The maximum absolute atomic E-state index is 11.3. The molecule has 0 saturated heterocycles. The first kappa shape index (κ1) is 12.7. The van der Waals surface area contributed by atoms with Crippen LogP contribution in [0.15, 0.2) is 15.9 Å². The lowest BCUT2D eigenvalue weighted by molar-refractivity contribution is -0.121. The van der Waals surface area contributed by atoms with Gasteiger partial charge in [0, 0.05) is 23.9 Å². The molecule has 3 nitrogen and oxygen atoms in total. The van der Waals surface area contributed by atoms with E-state index in [2.05, 4.69) is 27.3 Å². The molecule has 1 amide bonds. The molecule has 0 bridgehead atoms. The van der Waals surface area contributed by atoms with Crippen molar-refractivity contribution in [3.05, 3.63) is 20.8 Å². The molecule has 0 radical (unpaired) electrons. The van der Waals surface area contributed by atoms with Gasteiger partial charge < -0.3 is 11.1 Å². The van der Waals surface area contributed by atoms with Crippen LogP contribution in [0.5, 0.6) is 0 Å². The average Bonchev–Trinajstić information content (AvgIpc) is 2.50. The minimum absolute atomic E-state index is 0.0284. The van der Waals surface area contributed by atoms with Crippen LogP contribution in [-0.2, 0) is 11.2 Å². The summed E-state index contributed by atoms with van der Waals surface area (Å²) in [6.07, 6.45) is 1.27. The largest absolute Gasteiger partial charge is 0.356 e. The number of carbonyl (C=O) groups is 1. The van der Waals surface area contributed by atoms with E-state index in [1.165, 1.54) is 4.88 Å². The summed E-state index contributed by atoms with van der Waals surface area (Å²) in [7, 11) is 0. The number of nitrogens with two attached hydrogens (primary N) is 1. The Hall–Kier alpha value is -0.390. The van der Waals surface area contributed by atoms with Crippen molar-refractivity contribution in [2.45, 2.75) is 25.8 Å². The maximum Gasteiger partial charge on any atom is 0.221 e. The van der Waals surface area contributed by atoms with Crippen LogP contribution in [-0.4, -0.2) is 18.5 Å². The van der Waals surface area contributed by atoms with E-state index in [1.807, 2.05) is 13.0 Å². The van der Waals surface area contributed by atoms with E-state index < -0.39 is 0 Å². The fourth-order valence-electron chi connectivity index (χ4n) is 1.18. The molecule has 3 N–H and O–H groups in total. The Morgan fingerprint density at radius 3 is 2.93 bits per heavy atom. The van der Waals surface area contributed by atoms with E-state index in [4.69, 9.17) is 5.73 Å². The van der Waals surface area contributed by atoms with Crippen molar-refractivity contribution >= 4 is 33.2 Å². The molecular weight excluding hydrogens is 276 g/mol. The van der Waals surface area contributed by atoms with E-state index in [1.54, 1.807) is 11.3 Å². The number of hydrogen-bond donors (Lipinski definition) is 2. The van der Waals surface area contributed by atoms with Crippen molar-refractivity contribution in [2.24, 2.45) is 5.73 Å². The molecule has 1 atom stereocenters. The molecule has 1 aromatic heterocycles. The Labute approximate surface area is 102 Å². The first-order valence-corrected chi connectivity index (χ1v) is 6.45. The number of halogens is 1. The molecule has 0 spiro atoms. The van der Waals surface area contributed by atoms with Crippen LogP contribution in [0, 0.1) is 0 Å². The van der Waals surface area contributed by atoms with Crippen molar-refractivity contribution in [3.63, 3.8) is 0 Å². The van der Waals surface area contributed by atoms with Gasteiger partial charge in [-0.15, -0.1) is 11.3 Å². The van der Waals surface area contributed by atoms with Gasteiger partial charge in [-0.05, 0) is 41.4 Å². The Morgan fingerprint density at radius 2 is 2.40 bits per heavy atom. The topological polar surface area (TPSA) is 55.1 Å². The summed E-state index contributed by atoms with van der Waals surface area (Å²) in [4.78, 5) is 12.5. The summed E-state index contributed by atoms with van der Waals surface area (Å²) >= 11 is 5.09. The third-order valence-electron chi connectivity index (χ3n) is 1.83. The second-order valence-corrected chi connectivity index (χ2v) is 6.03. The minimum Gasteiger partial charge on any atom is -0.356 e. The molecule has 84 valence electrons. The molecule has 15 heavy (non-hydrogen) atoms. The van der Waals surface area contributed by atoms with Crippen LogP contribution in [0.4, 0.5) is 0 Å². The van der Waals surface area contributed by atoms with Gasteiger partial charge in [0.2, 0.25) is 5.91 Å². The SMILES string of the molecule is CC(N)CC(=O)NCCc1ccc(Br)s1. The summed E-state index contributed by atoms with van der Waals surface area (Å²) in [5.74, 6) is 0.0284. The number of thiophene rings is 1. The molecule has 1 heterocycles. The Morgan fingerprint density at radius 1 is 1.67 bits per heavy atom. The predicted octanol–water partition coefficient (Wildman–Crippen LogP) is 1.91. The van der Waals surface area contributed by atoms with Crippen LogP contribution < -0.4 is 11.1 Å². The summed E-state index contributed by atoms with van der Waals surface area (Å²) in [6, 6.07) is 4.01. The summed E-state index contributed by atoms with van der Waals surface area (Å²) in [5.41, 5.74) is 5.51. The van der Waals surface area contributed by atoms with Crippen LogP contribution >= 0.6 is 27.3 Å². The zero-order chi connectivity index (χ0) is 11.3. The van der Waals surface area contributed by atoms with E-state index in [-0.39, 0.29) is 11.9 Å². The first-order valence-electron chi connectivity index (χ1n) is 4.84. The van der Waals surface area contributed by atoms with Gasteiger partial charge >= 0.3 is 0 Å². The molecule has 1 aromatic rings. The zero-order valence-electron chi connectivity index (χ0n) is 8.63. The van der Waals surface area contributed by atoms with Gasteiger partial charge in [0.05, 0.1) is 3.79 Å². The molecular formula is C10H15BrN2OS. The highest BCUT2D eigenvalue weighted by atomic mass is 79.9. The predicted molar refractivity (Wildman–Crippen MR) is 67.0 cm³/mol. The Bertz CT molecular complexity index is 325. The summed E-state index contributed by atoms with van der Waals surface area (Å²) in [5, 5.41) is 2.84. The molecule has 1 rings (SSSR count). The van der Waals surface area contributed by atoms with Gasteiger partial charge in [-0.25, -0.2) is 0 Å². The second-order valence-electron chi connectivity index (χ2n) is 3.49. The van der Waals surface area contributed by atoms with Crippen LogP contribution in [0.2, 0.25) is 0 Å². The van der Waals surface area contributed by atoms with E-state index in [9.17, 15) is 4.79 Å². The smallest absolute Gasteiger partial charge is 0.221 e. The number of hydrogen-bond acceptors (Lipinski definition) is 3. The lowest BCUT2D eigenvalue weighted by atomic mass is 10.2. The molecule has 0 fully saturated rings. The van der Waals surface area contributed by atoms with Gasteiger partial charge in [-0.3, -0.25) is 4.79 Å². The number of rotatable bonds is 5. The summed E-state index contributed by atoms with van der Waals surface area (Å²) < 4.78 is 1.12. The highest BCUT2D eigenvalue weighted by molar-refractivity contribution is 9.11. The molecule has 0 aliphatic rings. The summed E-state index contributed by atoms with van der Waals surface area (Å²) in [6.45, 7) is 2.51. The molecule has 0 saturated carbocycles. The highest BCUT2D eigenvalue weighted by Gasteiger charge is 2.04. The van der Waals surface area contributed by atoms with Gasteiger partial charge in [-0.1, -0.05) is 0 Å². The van der Waals surface area contributed by atoms with Crippen LogP contribution in [0.3, 0.4) is 0 Å². The average molecular weight is 291 g/mol. The van der Waals surface area contributed by atoms with Gasteiger partial charge in [-0.2, -0.15) is 0 Å². The molecule has 0 aliphatic carbocycles. The number of carbonyl (C=O) groups excluding carboxylic acids is 1. The van der Waals surface area contributed by atoms with E-state index >= 15 is 0 Å². The molecule has 0 aromatic carbocycles. The fraction of sp³-hybridized carbons (Fsp3) is 0.500.